The van der Waals surface area contributed by atoms with Crippen molar-refractivity contribution in [3.8, 4) is 11.5 Å². The van der Waals surface area contributed by atoms with E-state index in [0.29, 0.717) is 19.1 Å². The monoisotopic (exact) mass is 331 g/mol. The van der Waals surface area contributed by atoms with E-state index in [9.17, 15) is 4.39 Å². The Bertz CT molecular complexity index is 824. The first kappa shape index (κ1) is 14.4. The van der Waals surface area contributed by atoms with Gasteiger partial charge in [0.1, 0.15) is 5.82 Å². The van der Waals surface area contributed by atoms with Crippen LogP contribution in [-0.2, 0) is 0 Å². The van der Waals surface area contributed by atoms with Gasteiger partial charge in [-0.3, -0.25) is 0 Å². The maximum absolute atomic E-state index is 13.0. The summed E-state index contributed by atoms with van der Waals surface area (Å²) in [5.74, 6) is 0.116. The van der Waals surface area contributed by atoms with Crippen LogP contribution in [0.3, 0.4) is 0 Å². The lowest BCUT2D eigenvalue weighted by Gasteiger charge is -2.35. The highest BCUT2D eigenvalue weighted by Crippen LogP contribution is 2.23. The molecule has 0 unspecified atom stereocenters. The summed E-state index contributed by atoms with van der Waals surface area (Å²) in [6.07, 6.45) is 0. The number of nitrogens with two attached hydrogens (primary N) is 1. The third-order valence-electron chi connectivity index (χ3n) is 3.88. The van der Waals surface area contributed by atoms with Crippen molar-refractivity contribution in [2.75, 3.05) is 41.7 Å². The lowest BCUT2D eigenvalue weighted by Crippen LogP contribution is -2.46. The number of anilines is 3. The molecular weight excluding hydrogens is 317 g/mol. The minimum atomic E-state index is -0.239. The average molecular weight is 331 g/mol. The number of nitrogen functional groups attached to an aromatic ring is 1. The molecule has 0 saturated carbocycles. The van der Waals surface area contributed by atoms with Crippen molar-refractivity contribution >= 4 is 17.5 Å². The fraction of sp³-hybridized carbons (Fsp3) is 0.286. The molecule has 3 aromatic rings. The zero-order valence-corrected chi connectivity index (χ0v) is 12.6. The Morgan fingerprint density at radius 1 is 0.958 bits per heavy atom. The van der Waals surface area contributed by atoms with Gasteiger partial charge in [-0.05, 0) is 34.6 Å². The largest absolute Gasteiger partial charge is 0.379 e. The van der Waals surface area contributed by atoms with E-state index in [0.717, 1.165) is 18.8 Å². The zero-order chi connectivity index (χ0) is 16.5. The Kier molecular flexibility index (Phi) is 3.48. The first-order valence-corrected chi connectivity index (χ1v) is 7.38. The number of nitrogens with zero attached hydrogens (tertiary/aromatic N) is 6. The third-order valence-corrected chi connectivity index (χ3v) is 3.88. The summed E-state index contributed by atoms with van der Waals surface area (Å²) in [5, 5.41) is 11.0. The van der Waals surface area contributed by atoms with Gasteiger partial charge in [-0.1, -0.05) is 5.16 Å². The fourth-order valence-electron chi connectivity index (χ4n) is 2.60. The predicted octanol–water partition coefficient (Wildman–Crippen LogP) is 1.17. The van der Waals surface area contributed by atoms with Crippen LogP contribution in [0.1, 0.15) is 0 Å². The second-order valence-corrected chi connectivity index (χ2v) is 5.35. The molecule has 0 amide bonds. The average Bonchev–Trinajstić information content (AvgIpc) is 3.24. The van der Waals surface area contributed by atoms with E-state index in [2.05, 4.69) is 30.0 Å². The van der Waals surface area contributed by atoms with Crippen molar-refractivity contribution in [1.29, 1.82) is 0 Å². The predicted molar refractivity (Wildman–Crippen MR) is 82.8 cm³/mol. The third kappa shape index (κ3) is 2.62. The van der Waals surface area contributed by atoms with E-state index in [1.165, 1.54) is 12.1 Å². The van der Waals surface area contributed by atoms with E-state index in [-0.39, 0.29) is 23.2 Å². The molecule has 0 radical (unpaired) electrons. The van der Waals surface area contributed by atoms with E-state index in [4.69, 9.17) is 10.3 Å². The SMILES string of the molecule is Nc1nonc1-c1noc(N2CCN(c3ccc(F)cc3)CC2)n1. The van der Waals surface area contributed by atoms with E-state index in [1.807, 2.05) is 4.90 Å². The molecule has 1 aliphatic rings. The molecule has 1 fully saturated rings. The Morgan fingerprint density at radius 3 is 2.33 bits per heavy atom. The Balaban J connectivity index is 1.44. The highest BCUT2D eigenvalue weighted by atomic mass is 19.1. The Labute approximate surface area is 135 Å². The van der Waals surface area contributed by atoms with E-state index >= 15 is 0 Å². The van der Waals surface area contributed by atoms with Gasteiger partial charge in [-0.2, -0.15) is 4.98 Å². The maximum atomic E-state index is 13.0. The summed E-state index contributed by atoms with van der Waals surface area (Å²) in [7, 11) is 0. The summed E-state index contributed by atoms with van der Waals surface area (Å²) < 4.78 is 22.8. The van der Waals surface area contributed by atoms with Crippen molar-refractivity contribution in [3.05, 3.63) is 30.1 Å². The van der Waals surface area contributed by atoms with Gasteiger partial charge in [-0.15, -0.1) is 0 Å². The van der Waals surface area contributed by atoms with Gasteiger partial charge in [0.2, 0.25) is 5.82 Å². The Morgan fingerprint density at radius 2 is 1.67 bits per heavy atom. The van der Waals surface area contributed by atoms with E-state index < -0.39 is 0 Å². The molecule has 124 valence electrons. The molecule has 4 rings (SSSR count). The fourth-order valence-corrected chi connectivity index (χ4v) is 2.60. The van der Waals surface area contributed by atoms with Crippen LogP contribution in [0.4, 0.5) is 21.9 Å². The number of hydrogen-bond acceptors (Lipinski definition) is 9. The molecule has 2 aromatic heterocycles. The second-order valence-electron chi connectivity index (χ2n) is 5.35. The normalized spacial score (nSPS) is 15.0. The van der Waals surface area contributed by atoms with Crippen LogP contribution in [0.2, 0.25) is 0 Å². The van der Waals surface area contributed by atoms with Crippen LogP contribution in [0.5, 0.6) is 0 Å². The molecule has 2 N–H and O–H groups in total. The molecule has 0 atom stereocenters. The summed E-state index contributed by atoms with van der Waals surface area (Å²) in [5.41, 5.74) is 6.87. The highest BCUT2D eigenvalue weighted by Gasteiger charge is 2.23. The first-order chi connectivity index (χ1) is 11.7. The second kappa shape index (κ2) is 5.80. The topological polar surface area (TPSA) is 110 Å². The van der Waals surface area contributed by atoms with Crippen molar-refractivity contribution in [2.24, 2.45) is 0 Å². The Hall–Kier alpha value is -3.17. The zero-order valence-electron chi connectivity index (χ0n) is 12.6. The lowest BCUT2D eigenvalue weighted by molar-refractivity contribution is 0.310. The maximum Gasteiger partial charge on any atom is 0.324 e. The molecule has 10 heteroatoms. The minimum absolute atomic E-state index is 0.114. The van der Waals surface area contributed by atoms with Gasteiger partial charge in [0, 0.05) is 31.9 Å². The van der Waals surface area contributed by atoms with Gasteiger partial charge < -0.3 is 20.1 Å². The van der Waals surface area contributed by atoms with Gasteiger partial charge in [0.05, 0.1) is 0 Å². The molecule has 1 saturated heterocycles. The molecule has 1 aromatic carbocycles. The van der Waals surface area contributed by atoms with Crippen molar-refractivity contribution in [2.45, 2.75) is 0 Å². The molecule has 0 spiro atoms. The van der Waals surface area contributed by atoms with Crippen LogP contribution in [-0.4, -0.2) is 46.6 Å². The molecule has 3 heterocycles. The standard InChI is InChI=1S/C14H14FN7O2/c15-9-1-3-10(4-2-9)21-5-7-22(8-6-21)14-17-13(20-23-14)11-12(16)19-24-18-11/h1-4H,5-8H2,(H2,16,19). The van der Waals surface area contributed by atoms with Gasteiger partial charge >= 0.3 is 6.01 Å². The van der Waals surface area contributed by atoms with Crippen LogP contribution < -0.4 is 15.5 Å². The molecule has 0 aliphatic carbocycles. The number of piperazine rings is 1. The van der Waals surface area contributed by atoms with Gasteiger partial charge in [-0.25, -0.2) is 9.02 Å². The number of rotatable bonds is 3. The molecule has 24 heavy (non-hydrogen) atoms. The number of halogens is 1. The number of benzene rings is 1. The molecular formula is C14H14FN7O2. The number of hydrogen-bond donors (Lipinski definition) is 1. The van der Waals surface area contributed by atoms with Crippen molar-refractivity contribution in [1.82, 2.24) is 20.5 Å². The summed E-state index contributed by atoms with van der Waals surface area (Å²) in [6.45, 7) is 2.92. The summed E-state index contributed by atoms with van der Waals surface area (Å²) >= 11 is 0. The van der Waals surface area contributed by atoms with Crippen LogP contribution in [0.15, 0.2) is 33.4 Å². The first-order valence-electron chi connectivity index (χ1n) is 7.38. The molecule has 0 bridgehead atoms. The van der Waals surface area contributed by atoms with Crippen LogP contribution >= 0.6 is 0 Å². The minimum Gasteiger partial charge on any atom is -0.379 e. The van der Waals surface area contributed by atoms with Crippen LogP contribution in [0.25, 0.3) is 11.5 Å². The smallest absolute Gasteiger partial charge is 0.324 e. The summed E-state index contributed by atoms with van der Waals surface area (Å²) in [4.78, 5) is 8.43. The number of aromatic nitrogens is 4. The lowest BCUT2D eigenvalue weighted by atomic mass is 10.2. The highest BCUT2D eigenvalue weighted by molar-refractivity contribution is 5.62. The van der Waals surface area contributed by atoms with Gasteiger partial charge in [0.25, 0.3) is 0 Å². The quantitative estimate of drug-likeness (QED) is 0.756. The summed E-state index contributed by atoms with van der Waals surface area (Å²) in [6, 6.07) is 6.86. The van der Waals surface area contributed by atoms with Crippen molar-refractivity contribution < 1.29 is 13.5 Å². The molecule has 9 nitrogen and oxygen atoms in total. The molecule has 1 aliphatic heterocycles. The van der Waals surface area contributed by atoms with Crippen molar-refractivity contribution in [3.63, 3.8) is 0 Å². The van der Waals surface area contributed by atoms with E-state index in [1.54, 1.807) is 12.1 Å². The van der Waals surface area contributed by atoms with Gasteiger partial charge in [0.15, 0.2) is 11.5 Å². The van der Waals surface area contributed by atoms with Crippen LogP contribution in [0, 0.1) is 5.82 Å².